The van der Waals surface area contributed by atoms with Crippen LogP contribution >= 0.6 is 7.92 Å². The minimum Gasteiger partial charge on any atom is -0.222 e. The molecule has 0 unspecified atom stereocenters. The monoisotopic (exact) mass is 468 g/mol. The summed E-state index contributed by atoms with van der Waals surface area (Å²) in [4.78, 5) is 0. The fourth-order valence-corrected chi connectivity index (χ4v) is 4.48. The number of hydrogen-bond acceptors (Lipinski definition) is 4. The quantitative estimate of drug-likeness (QED) is 0.352. The molecule has 4 nitrogen and oxygen atoms in total. The van der Waals surface area contributed by atoms with Crippen LogP contribution in [0.4, 0.5) is 0 Å². The van der Waals surface area contributed by atoms with Gasteiger partial charge in [-0.2, -0.15) is 0 Å². The van der Waals surface area contributed by atoms with E-state index in [0.29, 0.717) is 0 Å². The second-order valence-corrected chi connectivity index (χ2v) is 7.70. The van der Waals surface area contributed by atoms with Gasteiger partial charge in [-0.15, -0.1) is 10.2 Å². The Bertz CT molecular complexity index is 624. The standard InChI is InChI=1S/C18H15P.Ag.ClHO4/c1-4-10-16(11-5-1)19(17-12-6-2-7-13-17)18-14-8-3-9-15-18;;2-1(3,4)5/h1-15H;;(H,2,3,4,5)/q;+1;/p-1. The van der Waals surface area contributed by atoms with E-state index in [2.05, 4.69) is 91.0 Å². The molecule has 0 aliphatic heterocycles. The summed E-state index contributed by atoms with van der Waals surface area (Å²) in [5, 5.41) is 4.19. The van der Waals surface area contributed by atoms with Crippen molar-refractivity contribution in [1.29, 1.82) is 0 Å². The molecule has 3 aromatic carbocycles. The van der Waals surface area contributed by atoms with Crippen LogP contribution in [0, 0.1) is 10.2 Å². The van der Waals surface area contributed by atoms with E-state index in [4.69, 9.17) is 18.6 Å². The van der Waals surface area contributed by atoms with E-state index in [9.17, 15) is 0 Å². The van der Waals surface area contributed by atoms with Gasteiger partial charge >= 0.3 is 22.4 Å². The van der Waals surface area contributed by atoms with Crippen molar-refractivity contribution in [2.45, 2.75) is 0 Å². The average Bonchev–Trinajstić information content (AvgIpc) is 2.57. The van der Waals surface area contributed by atoms with Gasteiger partial charge in [-0.25, -0.2) is 18.6 Å². The van der Waals surface area contributed by atoms with Gasteiger partial charge in [0.05, 0.1) is 0 Å². The summed E-state index contributed by atoms with van der Waals surface area (Å²) in [6, 6.07) is 32.3. The Morgan fingerprint density at radius 2 is 0.680 bits per heavy atom. The van der Waals surface area contributed by atoms with E-state index in [1.807, 2.05) is 0 Å². The van der Waals surface area contributed by atoms with Crippen LogP contribution in [0.3, 0.4) is 0 Å². The van der Waals surface area contributed by atoms with Crippen LogP contribution in [-0.4, -0.2) is 0 Å². The molecule has 0 N–H and O–H groups in total. The van der Waals surface area contributed by atoms with E-state index in [1.54, 1.807) is 0 Å². The molecule has 0 radical (unpaired) electrons. The third-order valence-corrected chi connectivity index (χ3v) is 5.49. The molecule has 0 heterocycles. The summed E-state index contributed by atoms with van der Waals surface area (Å²) in [5.41, 5.74) is 0. The third kappa shape index (κ3) is 8.25. The van der Waals surface area contributed by atoms with E-state index in [0.717, 1.165) is 0 Å². The molecule has 7 heteroatoms. The van der Waals surface area contributed by atoms with Gasteiger partial charge in [0.1, 0.15) is 0 Å². The van der Waals surface area contributed by atoms with Crippen molar-refractivity contribution in [3.63, 3.8) is 0 Å². The van der Waals surface area contributed by atoms with Crippen molar-refractivity contribution in [2.75, 3.05) is 0 Å². The molecule has 0 atom stereocenters. The summed E-state index contributed by atoms with van der Waals surface area (Å²) in [7, 11) is -5.39. The molecular formula is C18H15AgClO4P. The molecule has 0 saturated carbocycles. The largest absolute Gasteiger partial charge is 1.00 e. The number of benzene rings is 3. The molecule has 134 valence electrons. The van der Waals surface area contributed by atoms with E-state index < -0.39 is 18.2 Å². The van der Waals surface area contributed by atoms with Crippen molar-refractivity contribution in [3.05, 3.63) is 91.0 Å². The first-order chi connectivity index (χ1) is 11.4. The Labute approximate surface area is 165 Å². The number of hydrogen-bond donors (Lipinski definition) is 0. The maximum Gasteiger partial charge on any atom is 1.00 e. The second-order valence-electron chi connectivity index (χ2n) is 4.72. The van der Waals surface area contributed by atoms with Crippen molar-refractivity contribution < 1.29 is 51.3 Å². The zero-order valence-corrected chi connectivity index (χ0v) is 16.1. The maximum absolute atomic E-state index is 8.49. The van der Waals surface area contributed by atoms with Crippen LogP contribution in [0.15, 0.2) is 91.0 Å². The maximum atomic E-state index is 8.49. The van der Waals surface area contributed by atoms with Crippen LogP contribution in [-0.2, 0) is 22.4 Å². The molecule has 0 aliphatic carbocycles. The Morgan fingerprint density at radius 3 is 0.880 bits per heavy atom. The first-order valence-corrected chi connectivity index (χ1v) is 9.60. The minimum atomic E-state index is -4.94. The molecule has 25 heavy (non-hydrogen) atoms. The molecule has 0 bridgehead atoms. The molecule has 3 rings (SSSR count). The predicted molar refractivity (Wildman–Crippen MR) is 85.1 cm³/mol. The first kappa shape index (κ1) is 22.0. The zero-order chi connectivity index (χ0) is 17.4. The smallest absolute Gasteiger partial charge is 0.222 e. The van der Waals surface area contributed by atoms with Crippen LogP contribution in [0.2, 0.25) is 0 Å². The van der Waals surface area contributed by atoms with Crippen LogP contribution in [0.25, 0.3) is 0 Å². The predicted octanol–water partition coefficient (Wildman–Crippen LogP) is -1.31. The van der Waals surface area contributed by atoms with Gasteiger partial charge in [-0.05, 0) is 23.8 Å². The summed E-state index contributed by atoms with van der Waals surface area (Å²) in [6.45, 7) is 0. The molecule has 0 aromatic heterocycles. The summed E-state index contributed by atoms with van der Waals surface area (Å²) in [6.07, 6.45) is 0. The summed E-state index contributed by atoms with van der Waals surface area (Å²) >= 11 is 0. The van der Waals surface area contributed by atoms with E-state index in [1.165, 1.54) is 15.9 Å². The molecule has 0 saturated heterocycles. The second kappa shape index (κ2) is 10.8. The molecule has 0 spiro atoms. The molecule has 3 aromatic rings. The van der Waals surface area contributed by atoms with Gasteiger partial charge in [-0.1, -0.05) is 91.0 Å². The van der Waals surface area contributed by atoms with Crippen molar-refractivity contribution in [1.82, 2.24) is 0 Å². The topological polar surface area (TPSA) is 92.2 Å². The van der Waals surface area contributed by atoms with Crippen molar-refractivity contribution >= 4 is 23.8 Å². The fourth-order valence-electron chi connectivity index (χ4n) is 2.18. The Kier molecular flexibility index (Phi) is 9.54. The van der Waals surface area contributed by atoms with Crippen molar-refractivity contribution in [2.24, 2.45) is 0 Å². The molecule has 0 aliphatic rings. The Morgan fingerprint density at radius 1 is 0.480 bits per heavy atom. The van der Waals surface area contributed by atoms with Crippen molar-refractivity contribution in [3.8, 4) is 0 Å². The van der Waals surface area contributed by atoms with Crippen LogP contribution in [0.5, 0.6) is 0 Å². The normalized spacial score (nSPS) is 10.4. The molecule has 0 amide bonds. The first-order valence-electron chi connectivity index (χ1n) is 7.02. The van der Waals surface area contributed by atoms with Crippen LogP contribution in [0.1, 0.15) is 0 Å². The fraction of sp³-hybridized carbons (Fsp3) is 0. The van der Waals surface area contributed by atoms with Gasteiger partial charge in [-0.3, -0.25) is 0 Å². The Hall–Kier alpha value is -1.04. The van der Waals surface area contributed by atoms with Gasteiger partial charge in [0, 0.05) is 0 Å². The Balaban J connectivity index is 0.000000462. The van der Waals surface area contributed by atoms with Crippen LogP contribution < -0.4 is 34.5 Å². The number of halogens is 1. The van der Waals surface area contributed by atoms with Gasteiger partial charge in [0.2, 0.25) is 0 Å². The number of rotatable bonds is 3. The molecular weight excluding hydrogens is 454 g/mol. The average molecular weight is 470 g/mol. The molecule has 0 fully saturated rings. The SMILES string of the molecule is [Ag+].[O-][Cl+3]([O-])([O-])[O-].c1ccc(P(c2ccccc2)c2ccccc2)cc1. The minimum absolute atomic E-state index is 0. The zero-order valence-electron chi connectivity index (χ0n) is 12.9. The third-order valence-electron chi connectivity index (χ3n) is 3.04. The summed E-state index contributed by atoms with van der Waals surface area (Å²) in [5.74, 6) is 0. The van der Waals surface area contributed by atoms with E-state index in [-0.39, 0.29) is 22.4 Å². The van der Waals surface area contributed by atoms with Gasteiger partial charge in [0.15, 0.2) is 0 Å². The van der Waals surface area contributed by atoms with E-state index >= 15 is 0 Å². The van der Waals surface area contributed by atoms with Gasteiger partial charge < -0.3 is 0 Å². The summed E-state index contributed by atoms with van der Waals surface area (Å²) < 4.78 is 34.0. The van der Waals surface area contributed by atoms with Gasteiger partial charge in [0.25, 0.3) is 0 Å².